The molecule has 21 heavy (non-hydrogen) atoms. The van der Waals surface area contributed by atoms with Crippen molar-refractivity contribution in [2.75, 3.05) is 0 Å². The van der Waals surface area contributed by atoms with Crippen molar-refractivity contribution in [2.24, 2.45) is 5.92 Å². The summed E-state index contributed by atoms with van der Waals surface area (Å²) < 4.78 is 20.7. The zero-order valence-electron chi connectivity index (χ0n) is 12.5. The standard InChI is InChI=1S/C16H19FN2O2/c1-16(2,3)21-15(20)12-8-11-6-7-13(17)18-14(11)19(12)9-10-4-5-10/h6-8,10H,4-5,9H2,1-3H3. The maximum atomic E-state index is 13.4. The molecule has 2 aromatic rings. The minimum atomic E-state index is -0.559. The number of aromatic nitrogens is 2. The Balaban J connectivity index is 2.05. The fraction of sp³-hybridized carbons (Fsp3) is 0.500. The first-order valence-electron chi connectivity index (χ1n) is 7.22. The summed E-state index contributed by atoms with van der Waals surface area (Å²) in [5.74, 6) is -0.373. The average molecular weight is 290 g/mol. The number of pyridine rings is 1. The van der Waals surface area contributed by atoms with E-state index < -0.39 is 11.5 Å². The molecular weight excluding hydrogens is 271 g/mol. The summed E-state index contributed by atoms with van der Waals surface area (Å²) in [5.41, 5.74) is 0.407. The number of hydrogen-bond donors (Lipinski definition) is 0. The number of rotatable bonds is 3. The summed E-state index contributed by atoms with van der Waals surface area (Å²) in [7, 11) is 0. The fourth-order valence-corrected chi connectivity index (χ4v) is 2.35. The molecule has 2 heterocycles. The van der Waals surface area contributed by atoms with E-state index in [0.717, 1.165) is 18.2 Å². The Bertz CT molecular complexity index is 696. The predicted octanol–water partition coefficient (Wildman–Crippen LogP) is 3.54. The summed E-state index contributed by atoms with van der Waals surface area (Å²) in [4.78, 5) is 16.3. The Morgan fingerprint density at radius 2 is 2.14 bits per heavy atom. The minimum Gasteiger partial charge on any atom is -0.455 e. The van der Waals surface area contributed by atoms with Gasteiger partial charge in [-0.25, -0.2) is 9.78 Å². The SMILES string of the molecule is CC(C)(C)OC(=O)c1cc2ccc(F)nc2n1CC1CC1. The van der Waals surface area contributed by atoms with Crippen LogP contribution in [0.3, 0.4) is 0 Å². The predicted molar refractivity (Wildman–Crippen MR) is 77.6 cm³/mol. The van der Waals surface area contributed by atoms with E-state index in [1.165, 1.54) is 6.07 Å². The molecule has 3 rings (SSSR count). The van der Waals surface area contributed by atoms with Crippen molar-refractivity contribution in [3.05, 3.63) is 29.8 Å². The van der Waals surface area contributed by atoms with Crippen LogP contribution < -0.4 is 0 Å². The van der Waals surface area contributed by atoms with Crippen molar-refractivity contribution in [3.63, 3.8) is 0 Å². The highest BCUT2D eigenvalue weighted by Gasteiger charge is 2.28. The molecule has 5 heteroatoms. The third-order valence-corrected chi connectivity index (χ3v) is 3.46. The molecule has 0 bridgehead atoms. The van der Waals surface area contributed by atoms with Gasteiger partial charge in [0.2, 0.25) is 5.95 Å². The molecule has 4 nitrogen and oxygen atoms in total. The van der Waals surface area contributed by atoms with Crippen LogP contribution in [0.1, 0.15) is 44.1 Å². The monoisotopic (exact) mass is 290 g/mol. The average Bonchev–Trinajstić information content (AvgIpc) is 3.10. The summed E-state index contributed by atoms with van der Waals surface area (Å²) in [6, 6.07) is 4.69. The third kappa shape index (κ3) is 3.06. The molecule has 1 aliphatic rings. The van der Waals surface area contributed by atoms with E-state index in [9.17, 15) is 9.18 Å². The first-order valence-corrected chi connectivity index (χ1v) is 7.22. The number of hydrogen-bond acceptors (Lipinski definition) is 3. The van der Waals surface area contributed by atoms with Crippen molar-refractivity contribution in [3.8, 4) is 0 Å². The first kappa shape index (κ1) is 14.0. The van der Waals surface area contributed by atoms with Gasteiger partial charge in [-0.15, -0.1) is 0 Å². The molecule has 1 saturated carbocycles. The maximum absolute atomic E-state index is 13.4. The topological polar surface area (TPSA) is 44.1 Å². The highest BCUT2D eigenvalue weighted by Crippen LogP contribution is 2.33. The van der Waals surface area contributed by atoms with Crippen molar-refractivity contribution < 1.29 is 13.9 Å². The highest BCUT2D eigenvalue weighted by atomic mass is 19.1. The van der Waals surface area contributed by atoms with Crippen LogP contribution in [0.15, 0.2) is 18.2 Å². The van der Waals surface area contributed by atoms with Gasteiger partial charge in [0.25, 0.3) is 0 Å². The molecule has 0 amide bonds. The Morgan fingerprint density at radius 3 is 2.76 bits per heavy atom. The number of fused-ring (bicyclic) bond motifs is 1. The quantitative estimate of drug-likeness (QED) is 0.641. The van der Waals surface area contributed by atoms with E-state index in [4.69, 9.17) is 4.74 Å². The highest BCUT2D eigenvalue weighted by molar-refractivity contribution is 5.94. The van der Waals surface area contributed by atoms with Crippen molar-refractivity contribution in [2.45, 2.75) is 45.8 Å². The van der Waals surface area contributed by atoms with Gasteiger partial charge in [0.05, 0.1) is 0 Å². The Morgan fingerprint density at radius 1 is 1.43 bits per heavy atom. The van der Waals surface area contributed by atoms with Crippen molar-refractivity contribution in [1.82, 2.24) is 9.55 Å². The second kappa shape index (κ2) is 4.83. The molecule has 2 aromatic heterocycles. The van der Waals surface area contributed by atoms with Crippen LogP contribution >= 0.6 is 0 Å². The van der Waals surface area contributed by atoms with Crippen LogP contribution in [0, 0.1) is 11.9 Å². The number of ether oxygens (including phenoxy) is 1. The lowest BCUT2D eigenvalue weighted by atomic mass is 10.2. The van der Waals surface area contributed by atoms with Crippen LogP contribution in [0.4, 0.5) is 4.39 Å². The Labute approximate surface area is 122 Å². The van der Waals surface area contributed by atoms with Crippen molar-refractivity contribution >= 4 is 17.0 Å². The van der Waals surface area contributed by atoms with Gasteiger partial charge < -0.3 is 9.30 Å². The van der Waals surface area contributed by atoms with Gasteiger partial charge in [0, 0.05) is 11.9 Å². The molecule has 0 N–H and O–H groups in total. The smallest absolute Gasteiger partial charge is 0.355 e. The maximum Gasteiger partial charge on any atom is 0.355 e. The zero-order valence-corrected chi connectivity index (χ0v) is 12.5. The molecule has 1 fully saturated rings. The molecule has 0 unspecified atom stereocenters. The van der Waals surface area contributed by atoms with Crippen LogP contribution in [0.5, 0.6) is 0 Å². The van der Waals surface area contributed by atoms with E-state index >= 15 is 0 Å². The van der Waals surface area contributed by atoms with Gasteiger partial charge >= 0.3 is 5.97 Å². The number of carbonyl (C=O) groups is 1. The summed E-state index contributed by atoms with van der Waals surface area (Å²) in [6.07, 6.45) is 2.28. The number of halogens is 1. The lowest BCUT2D eigenvalue weighted by molar-refractivity contribution is 0.00578. The fourth-order valence-electron chi connectivity index (χ4n) is 2.35. The Kier molecular flexibility index (Phi) is 3.23. The molecule has 0 spiro atoms. The van der Waals surface area contributed by atoms with Gasteiger partial charge in [-0.05, 0) is 57.7 Å². The largest absolute Gasteiger partial charge is 0.455 e. The molecule has 0 radical (unpaired) electrons. The van der Waals surface area contributed by atoms with Gasteiger partial charge in [-0.1, -0.05) is 0 Å². The van der Waals surface area contributed by atoms with Crippen LogP contribution in [0.2, 0.25) is 0 Å². The van der Waals surface area contributed by atoms with E-state index in [0.29, 0.717) is 23.8 Å². The normalized spacial score (nSPS) is 15.4. The molecule has 0 aromatic carbocycles. The van der Waals surface area contributed by atoms with Gasteiger partial charge in [0.1, 0.15) is 16.9 Å². The first-order chi connectivity index (χ1) is 9.83. The second-order valence-corrected chi connectivity index (χ2v) is 6.63. The number of esters is 1. The lowest BCUT2D eigenvalue weighted by Gasteiger charge is -2.20. The lowest BCUT2D eigenvalue weighted by Crippen LogP contribution is -2.25. The summed E-state index contributed by atoms with van der Waals surface area (Å²) in [5, 5.41) is 0.762. The molecule has 112 valence electrons. The summed E-state index contributed by atoms with van der Waals surface area (Å²) >= 11 is 0. The van der Waals surface area contributed by atoms with Crippen molar-refractivity contribution in [1.29, 1.82) is 0 Å². The molecular formula is C16H19FN2O2. The van der Waals surface area contributed by atoms with E-state index in [-0.39, 0.29) is 5.97 Å². The number of nitrogens with zero attached hydrogens (tertiary/aromatic N) is 2. The van der Waals surface area contributed by atoms with Gasteiger partial charge in [-0.3, -0.25) is 0 Å². The van der Waals surface area contributed by atoms with E-state index in [2.05, 4.69) is 4.98 Å². The molecule has 0 atom stereocenters. The number of carbonyl (C=O) groups excluding carboxylic acids is 1. The van der Waals surface area contributed by atoms with Crippen LogP contribution in [-0.4, -0.2) is 21.1 Å². The minimum absolute atomic E-state index is 0.387. The second-order valence-electron chi connectivity index (χ2n) is 6.63. The molecule has 0 saturated heterocycles. The Hall–Kier alpha value is -1.91. The molecule has 0 aliphatic heterocycles. The summed E-state index contributed by atoms with van der Waals surface area (Å²) in [6.45, 7) is 6.18. The van der Waals surface area contributed by atoms with Crippen LogP contribution in [-0.2, 0) is 11.3 Å². The van der Waals surface area contributed by atoms with Gasteiger partial charge in [-0.2, -0.15) is 4.39 Å². The third-order valence-electron chi connectivity index (χ3n) is 3.46. The van der Waals surface area contributed by atoms with E-state index in [1.54, 1.807) is 16.7 Å². The van der Waals surface area contributed by atoms with Gasteiger partial charge in [0.15, 0.2) is 0 Å². The van der Waals surface area contributed by atoms with E-state index in [1.807, 2.05) is 20.8 Å². The molecule has 1 aliphatic carbocycles. The van der Waals surface area contributed by atoms with Crippen LogP contribution in [0.25, 0.3) is 11.0 Å². The zero-order chi connectivity index (χ0) is 15.2.